The Morgan fingerprint density at radius 3 is 2.35 bits per heavy atom. The summed E-state index contributed by atoms with van der Waals surface area (Å²) >= 11 is 1.35. The zero-order valence-corrected chi connectivity index (χ0v) is 14.7. The lowest BCUT2D eigenvalue weighted by Gasteiger charge is -2.07. The predicted molar refractivity (Wildman–Crippen MR) is 94.0 cm³/mol. The molecule has 4 rings (SSSR count). The minimum absolute atomic E-state index is 0.290. The molecule has 0 aliphatic heterocycles. The molecule has 8 heteroatoms. The Balaban J connectivity index is 1.82. The van der Waals surface area contributed by atoms with E-state index in [1.807, 2.05) is 26.0 Å². The molecule has 132 valence electrons. The second-order valence-electron chi connectivity index (χ2n) is 6.08. The highest BCUT2D eigenvalue weighted by Crippen LogP contribution is 2.33. The zero-order valence-electron chi connectivity index (χ0n) is 13.9. The molecule has 0 atom stereocenters. The third-order valence-electron chi connectivity index (χ3n) is 3.91. The maximum Gasteiger partial charge on any atom is 0.416 e. The van der Waals surface area contributed by atoms with Gasteiger partial charge in [-0.2, -0.15) is 22.8 Å². The van der Waals surface area contributed by atoms with Crippen LogP contribution in [0, 0.1) is 13.8 Å². The monoisotopic (exact) mass is 374 g/mol. The third kappa shape index (κ3) is 2.96. The Labute approximate surface area is 150 Å². The van der Waals surface area contributed by atoms with Gasteiger partial charge in [0.15, 0.2) is 5.82 Å². The quantitative estimate of drug-likeness (QED) is 0.487. The van der Waals surface area contributed by atoms with Crippen molar-refractivity contribution in [3.8, 4) is 22.0 Å². The van der Waals surface area contributed by atoms with Gasteiger partial charge in [-0.15, -0.1) is 10.2 Å². The summed E-state index contributed by atoms with van der Waals surface area (Å²) in [4.78, 5) is 0.534. The fraction of sp³-hybridized carbons (Fsp3) is 0.167. The molecule has 2 heterocycles. The number of rotatable bonds is 2. The van der Waals surface area contributed by atoms with Crippen molar-refractivity contribution in [1.82, 2.24) is 19.8 Å². The Morgan fingerprint density at radius 1 is 0.923 bits per heavy atom. The van der Waals surface area contributed by atoms with E-state index in [1.54, 1.807) is 6.07 Å². The first-order chi connectivity index (χ1) is 12.3. The second-order valence-corrected chi connectivity index (χ2v) is 7.04. The Bertz CT molecular complexity index is 1090. The molecule has 4 nitrogen and oxygen atoms in total. The van der Waals surface area contributed by atoms with Crippen LogP contribution >= 0.6 is 11.3 Å². The molecule has 0 bridgehead atoms. The van der Waals surface area contributed by atoms with Crippen LogP contribution in [0.1, 0.15) is 16.7 Å². The van der Waals surface area contributed by atoms with Crippen LogP contribution in [0.5, 0.6) is 0 Å². The molecule has 0 radical (unpaired) electrons. The van der Waals surface area contributed by atoms with Gasteiger partial charge in [0.25, 0.3) is 0 Å². The molecule has 0 saturated heterocycles. The molecule has 0 aliphatic rings. The Kier molecular flexibility index (Phi) is 3.80. The highest BCUT2D eigenvalue weighted by molar-refractivity contribution is 7.19. The molecule has 0 spiro atoms. The zero-order chi connectivity index (χ0) is 18.5. The number of fused-ring (bicyclic) bond motifs is 1. The largest absolute Gasteiger partial charge is 0.416 e. The second kappa shape index (κ2) is 5.91. The molecule has 4 aromatic rings. The van der Waals surface area contributed by atoms with Crippen molar-refractivity contribution in [2.75, 3.05) is 0 Å². The fourth-order valence-electron chi connectivity index (χ4n) is 2.85. The number of aryl methyl sites for hydroxylation is 2. The van der Waals surface area contributed by atoms with Crippen LogP contribution in [0.2, 0.25) is 0 Å². The van der Waals surface area contributed by atoms with Crippen molar-refractivity contribution in [3.63, 3.8) is 0 Å². The molecular formula is C18H13F3N4S. The van der Waals surface area contributed by atoms with Crippen molar-refractivity contribution in [3.05, 3.63) is 59.2 Å². The van der Waals surface area contributed by atoms with E-state index in [-0.39, 0.29) is 5.82 Å². The van der Waals surface area contributed by atoms with Crippen LogP contribution in [-0.2, 0) is 6.18 Å². The molecular weight excluding hydrogens is 361 g/mol. The fourth-order valence-corrected chi connectivity index (χ4v) is 3.67. The van der Waals surface area contributed by atoms with Gasteiger partial charge >= 0.3 is 6.18 Å². The summed E-state index contributed by atoms with van der Waals surface area (Å²) in [5, 5.41) is 13.3. The first-order valence-corrected chi connectivity index (χ1v) is 8.61. The van der Waals surface area contributed by atoms with Gasteiger partial charge in [0, 0.05) is 11.1 Å². The van der Waals surface area contributed by atoms with E-state index in [2.05, 4.69) is 21.4 Å². The van der Waals surface area contributed by atoms with Crippen LogP contribution in [-0.4, -0.2) is 19.8 Å². The van der Waals surface area contributed by atoms with Crippen LogP contribution in [0.25, 0.3) is 26.9 Å². The van der Waals surface area contributed by atoms with Crippen LogP contribution in [0.4, 0.5) is 13.2 Å². The van der Waals surface area contributed by atoms with Gasteiger partial charge in [0.2, 0.25) is 4.96 Å². The normalized spacial score (nSPS) is 12.0. The topological polar surface area (TPSA) is 43.1 Å². The summed E-state index contributed by atoms with van der Waals surface area (Å²) < 4.78 is 40.4. The summed E-state index contributed by atoms with van der Waals surface area (Å²) in [7, 11) is 0. The predicted octanol–water partition coefficient (Wildman–Crippen LogP) is 5.16. The van der Waals surface area contributed by atoms with Gasteiger partial charge in [0.05, 0.1) is 5.56 Å². The van der Waals surface area contributed by atoms with Crippen LogP contribution < -0.4 is 0 Å². The van der Waals surface area contributed by atoms with Gasteiger partial charge in [0.1, 0.15) is 5.01 Å². The summed E-state index contributed by atoms with van der Waals surface area (Å²) in [6.07, 6.45) is -4.41. The SMILES string of the molecule is Cc1cc(C)cc(-c2nn3c(-c4cccc(C(F)(F)F)c4)nnc3s2)c1. The minimum atomic E-state index is -4.41. The van der Waals surface area contributed by atoms with Gasteiger partial charge in [-0.1, -0.05) is 40.7 Å². The van der Waals surface area contributed by atoms with Crippen molar-refractivity contribution in [1.29, 1.82) is 0 Å². The van der Waals surface area contributed by atoms with Gasteiger partial charge in [-0.05, 0) is 38.1 Å². The maximum atomic E-state index is 13.0. The number of halogens is 3. The van der Waals surface area contributed by atoms with Gasteiger partial charge in [-0.25, -0.2) is 0 Å². The summed E-state index contributed by atoms with van der Waals surface area (Å²) in [5.74, 6) is 0.290. The molecule has 0 saturated carbocycles. The molecule has 0 fully saturated rings. The number of aromatic nitrogens is 4. The van der Waals surface area contributed by atoms with Crippen molar-refractivity contribution >= 4 is 16.3 Å². The standard InChI is InChI=1S/C18H13F3N4S/c1-10-6-11(2)8-13(7-10)16-24-25-15(22-23-17(25)26-16)12-4-3-5-14(9-12)18(19,20)21/h3-9H,1-2H3. The van der Waals surface area contributed by atoms with E-state index in [1.165, 1.54) is 21.9 Å². The van der Waals surface area contributed by atoms with E-state index >= 15 is 0 Å². The lowest BCUT2D eigenvalue weighted by Crippen LogP contribution is -2.05. The molecule has 26 heavy (non-hydrogen) atoms. The van der Waals surface area contributed by atoms with Gasteiger partial charge in [-0.3, -0.25) is 0 Å². The molecule has 0 unspecified atom stereocenters. The number of hydrogen-bond donors (Lipinski definition) is 0. The first-order valence-electron chi connectivity index (χ1n) is 7.80. The van der Waals surface area contributed by atoms with E-state index < -0.39 is 11.7 Å². The summed E-state index contributed by atoms with van der Waals surface area (Å²) in [5.41, 5.74) is 2.78. The smallest absolute Gasteiger partial charge is 0.182 e. The number of hydrogen-bond acceptors (Lipinski definition) is 4. The number of benzene rings is 2. The molecule has 0 aliphatic carbocycles. The van der Waals surface area contributed by atoms with E-state index in [0.29, 0.717) is 10.5 Å². The maximum absolute atomic E-state index is 13.0. The van der Waals surface area contributed by atoms with E-state index in [0.717, 1.165) is 33.8 Å². The minimum Gasteiger partial charge on any atom is -0.182 e. The van der Waals surface area contributed by atoms with Crippen molar-refractivity contribution < 1.29 is 13.2 Å². The summed E-state index contributed by atoms with van der Waals surface area (Å²) in [6, 6.07) is 11.1. The Morgan fingerprint density at radius 2 is 1.65 bits per heavy atom. The summed E-state index contributed by atoms with van der Waals surface area (Å²) in [6.45, 7) is 4.01. The molecule has 0 N–H and O–H groups in total. The Hall–Kier alpha value is -2.74. The van der Waals surface area contributed by atoms with Crippen molar-refractivity contribution in [2.45, 2.75) is 20.0 Å². The number of alkyl halides is 3. The third-order valence-corrected chi connectivity index (χ3v) is 4.86. The van der Waals surface area contributed by atoms with Gasteiger partial charge < -0.3 is 0 Å². The van der Waals surface area contributed by atoms with E-state index in [4.69, 9.17) is 0 Å². The number of nitrogens with zero attached hydrogens (tertiary/aromatic N) is 4. The first kappa shape index (κ1) is 16.7. The lowest BCUT2D eigenvalue weighted by atomic mass is 10.1. The lowest BCUT2D eigenvalue weighted by molar-refractivity contribution is -0.137. The van der Waals surface area contributed by atoms with Crippen molar-refractivity contribution in [2.24, 2.45) is 0 Å². The average Bonchev–Trinajstić information content (AvgIpc) is 3.13. The van der Waals surface area contributed by atoms with E-state index in [9.17, 15) is 13.2 Å². The van der Waals surface area contributed by atoms with Crippen LogP contribution in [0.3, 0.4) is 0 Å². The highest BCUT2D eigenvalue weighted by Gasteiger charge is 2.31. The molecule has 0 amide bonds. The molecule has 2 aromatic carbocycles. The highest BCUT2D eigenvalue weighted by atomic mass is 32.1. The average molecular weight is 374 g/mol. The van der Waals surface area contributed by atoms with Crippen LogP contribution in [0.15, 0.2) is 42.5 Å². The molecule has 2 aromatic heterocycles.